The lowest BCUT2D eigenvalue weighted by Gasteiger charge is -2.18. The third-order valence-corrected chi connectivity index (χ3v) is 5.64. The second kappa shape index (κ2) is 3.40. The molecule has 0 spiro atoms. The zero-order valence-electron chi connectivity index (χ0n) is 7.14. The summed E-state index contributed by atoms with van der Waals surface area (Å²) in [6.45, 7) is 5.78. The Morgan fingerprint density at radius 3 is 1.73 bits per heavy atom. The maximum Gasteiger partial charge on any atom is 0.330 e. The summed E-state index contributed by atoms with van der Waals surface area (Å²) < 4.78 is 26.6. The van der Waals surface area contributed by atoms with Gasteiger partial charge in [-0.05, 0) is 0 Å². The van der Waals surface area contributed by atoms with Gasteiger partial charge in [-0.1, -0.05) is 13.8 Å². The molecular formula is C5H14O4P2. The van der Waals surface area contributed by atoms with E-state index in [2.05, 4.69) is 4.31 Å². The minimum absolute atomic E-state index is 0.220. The van der Waals surface area contributed by atoms with Crippen molar-refractivity contribution in [2.24, 2.45) is 0 Å². The molecule has 1 N–H and O–H groups in total. The molecule has 0 aromatic rings. The monoisotopic (exact) mass is 200 g/mol. The van der Waals surface area contributed by atoms with Gasteiger partial charge >= 0.3 is 7.60 Å². The molecule has 0 aromatic heterocycles. The van der Waals surface area contributed by atoms with Crippen molar-refractivity contribution in [3.63, 3.8) is 0 Å². The molecule has 0 rings (SSSR count). The fourth-order valence-electron chi connectivity index (χ4n) is 0.395. The van der Waals surface area contributed by atoms with Crippen LogP contribution in [0.5, 0.6) is 0 Å². The quantitative estimate of drug-likeness (QED) is 0.708. The van der Waals surface area contributed by atoms with Gasteiger partial charge in [0.25, 0.3) is 0 Å². The Hall–Kier alpha value is 0.380. The topological polar surface area (TPSA) is 63.6 Å². The largest absolute Gasteiger partial charge is 0.330 e. The van der Waals surface area contributed by atoms with Crippen molar-refractivity contribution >= 4 is 15.0 Å². The summed E-state index contributed by atoms with van der Waals surface area (Å²) in [7, 11) is -6.50. The molecule has 0 aliphatic carbocycles. The van der Waals surface area contributed by atoms with Crippen molar-refractivity contribution in [2.45, 2.75) is 19.5 Å². The van der Waals surface area contributed by atoms with Crippen LogP contribution in [-0.4, -0.2) is 23.9 Å². The van der Waals surface area contributed by atoms with Crippen LogP contribution in [0, 0.1) is 0 Å². The first-order valence-electron chi connectivity index (χ1n) is 3.24. The van der Waals surface area contributed by atoms with Crippen LogP contribution >= 0.6 is 15.0 Å². The van der Waals surface area contributed by atoms with E-state index in [9.17, 15) is 9.13 Å². The lowest BCUT2D eigenvalue weighted by molar-refractivity contribution is 0.381. The van der Waals surface area contributed by atoms with Crippen molar-refractivity contribution in [3.05, 3.63) is 0 Å². The highest BCUT2D eigenvalue weighted by Gasteiger charge is 2.28. The molecule has 68 valence electrons. The molecule has 0 radical (unpaired) electrons. The fourth-order valence-corrected chi connectivity index (χ4v) is 3.56. The highest BCUT2D eigenvalue weighted by molar-refractivity contribution is 7.69. The van der Waals surface area contributed by atoms with Gasteiger partial charge in [0.15, 0.2) is 0 Å². The predicted molar refractivity (Wildman–Crippen MR) is 45.5 cm³/mol. The van der Waals surface area contributed by atoms with Crippen molar-refractivity contribution in [1.29, 1.82) is 0 Å². The van der Waals surface area contributed by atoms with Crippen LogP contribution in [0.2, 0.25) is 0 Å². The van der Waals surface area contributed by atoms with E-state index in [1.165, 1.54) is 6.66 Å². The molecule has 6 heteroatoms. The van der Waals surface area contributed by atoms with Crippen LogP contribution in [-0.2, 0) is 13.4 Å². The maximum atomic E-state index is 11.4. The molecule has 11 heavy (non-hydrogen) atoms. The fraction of sp³-hybridized carbons (Fsp3) is 1.00. The van der Waals surface area contributed by atoms with Crippen molar-refractivity contribution in [1.82, 2.24) is 0 Å². The zero-order valence-corrected chi connectivity index (χ0v) is 8.93. The molecule has 0 saturated carbocycles. The van der Waals surface area contributed by atoms with Crippen molar-refractivity contribution in [2.75, 3.05) is 13.3 Å². The molecule has 0 heterocycles. The summed E-state index contributed by atoms with van der Waals surface area (Å²) in [5, 5.41) is 0. The van der Waals surface area contributed by atoms with Gasteiger partial charge in [0.05, 0.1) is 0 Å². The number of hydrogen-bond donors (Lipinski definition) is 1. The summed E-state index contributed by atoms with van der Waals surface area (Å²) in [5.41, 5.74) is -0.220. The highest BCUT2D eigenvalue weighted by Crippen LogP contribution is 2.60. The normalized spacial score (nSPS) is 22.7. The SMILES string of the molecule is CC(C)P(C)(=O)OP(C)(=O)O. The van der Waals surface area contributed by atoms with E-state index in [1.54, 1.807) is 13.8 Å². The summed E-state index contributed by atoms with van der Waals surface area (Å²) in [6.07, 6.45) is 0. The molecule has 0 aliphatic heterocycles. The molecule has 0 aliphatic rings. The third-order valence-electron chi connectivity index (χ3n) is 1.25. The second-order valence-electron chi connectivity index (χ2n) is 2.89. The van der Waals surface area contributed by atoms with Gasteiger partial charge in [-0.25, -0.2) is 0 Å². The van der Waals surface area contributed by atoms with E-state index >= 15 is 0 Å². The summed E-state index contributed by atoms with van der Waals surface area (Å²) in [6, 6.07) is 0. The Bertz CT molecular complexity index is 217. The molecule has 0 aromatic carbocycles. The van der Waals surface area contributed by atoms with Gasteiger partial charge in [-0.2, -0.15) is 0 Å². The van der Waals surface area contributed by atoms with Crippen LogP contribution in [0.4, 0.5) is 0 Å². The first kappa shape index (κ1) is 11.4. The van der Waals surface area contributed by atoms with E-state index < -0.39 is 15.0 Å². The van der Waals surface area contributed by atoms with Gasteiger partial charge in [-0.3, -0.25) is 13.4 Å². The van der Waals surface area contributed by atoms with Crippen LogP contribution < -0.4 is 0 Å². The van der Waals surface area contributed by atoms with E-state index in [0.717, 1.165) is 6.66 Å². The Morgan fingerprint density at radius 2 is 1.64 bits per heavy atom. The zero-order chi connectivity index (χ0) is 9.28. The Kier molecular flexibility index (Phi) is 3.52. The van der Waals surface area contributed by atoms with Gasteiger partial charge in [-0.15, -0.1) is 0 Å². The van der Waals surface area contributed by atoms with Gasteiger partial charge < -0.3 is 4.89 Å². The Labute approximate surface area is 66.9 Å². The van der Waals surface area contributed by atoms with Crippen LogP contribution in [0.3, 0.4) is 0 Å². The Morgan fingerprint density at radius 1 is 1.27 bits per heavy atom. The molecule has 2 unspecified atom stereocenters. The minimum atomic E-state index is -3.60. The van der Waals surface area contributed by atoms with E-state index in [-0.39, 0.29) is 5.66 Å². The first-order chi connectivity index (χ1) is 4.65. The predicted octanol–water partition coefficient (Wildman–Crippen LogP) is 2.13. The highest BCUT2D eigenvalue weighted by atomic mass is 31.3. The van der Waals surface area contributed by atoms with Crippen LogP contribution in [0.15, 0.2) is 0 Å². The smallest absolute Gasteiger partial charge is 0.324 e. The van der Waals surface area contributed by atoms with Crippen LogP contribution in [0.25, 0.3) is 0 Å². The summed E-state index contributed by atoms with van der Waals surface area (Å²) >= 11 is 0. The third kappa shape index (κ3) is 4.76. The average molecular weight is 200 g/mol. The summed E-state index contributed by atoms with van der Waals surface area (Å²) in [4.78, 5) is 8.76. The van der Waals surface area contributed by atoms with Crippen LogP contribution in [0.1, 0.15) is 13.8 Å². The van der Waals surface area contributed by atoms with Crippen molar-refractivity contribution < 1.29 is 18.3 Å². The van der Waals surface area contributed by atoms with Gasteiger partial charge in [0, 0.05) is 19.0 Å². The standard InChI is InChI=1S/C5H14O4P2/c1-5(2)10(3,6)9-11(4,7)8/h5H,1-4H3,(H,7,8). The molecule has 0 fully saturated rings. The minimum Gasteiger partial charge on any atom is -0.324 e. The summed E-state index contributed by atoms with van der Waals surface area (Å²) in [5.74, 6) is 0. The molecule has 4 nitrogen and oxygen atoms in total. The molecule has 0 saturated heterocycles. The average Bonchev–Trinajstić information content (AvgIpc) is 1.56. The number of hydrogen-bond acceptors (Lipinski definition) is 3. The molecule has 0 bridgehead atoms. The van der Waals surface area contributed by atoms with E-state index in [0.29, 0.717) is 0 Å². The molecule has 0 amide bonds. The van der Waals surface area contributed by atoms with E-state index in [1.807, 2.05) is 0 Å². The lowest BCUT2D eigenvalue weighted by atomic mass is 10.6. The first-order valence-corrected chi connectivity index (χ1v) is 7.40. The maximum absolute atomic E-state index is 11.4. The molecule has 2 atom stereocenters. The number of rotatable bonds is 3. The molecular weight excluding hydrogens is 186 g/mol. The van der Waals surface area contributed by atoms with Gasteiger partial charge in [0.1, 0.15) is 0 Å². The van der Waals surface area contributed by atoms with E-state index in [4.69, 9.17) is 4.89 Å². The Balaban J connectivity index is 4.39. The van der Waals surface area contributed by atoms with Crippen molar-refractivity contribution in [3.8, 4) is 0 Å². The lowest BCUT2D eigenvalue weighted by Crippen LogP contribution is -1.98. The van der Waals surface area contributed by atoms with Gasteiger partial charge in [0.2, 0.25) is 7.37 Å². The second-order valence-corrected chi connectivity index (χ2v) is 8.00.